The van der Waals surface area contributed by atoms with Crippen LogP contribution >= 0.6 is 11.8 Å². The van der Waals surface area contributed by atoms with Crippen molar-refractivity contribution in [3.8, 4) is 5.75 Å². The van der Waals surface area contributed by atoms with Crippen LogP contribution in [0.3, 0.4) is 0 Å². The van der Waals surface area contributed by atoms with Gasteiger partial charge in [0.25, 0.3) is 0 Å². The molecule has 3 aromatic rings. The van der Waals surface area contributed by atoms with Crippen LogP contribution < -0.4 is 10.1 Å². The zero-order valence-corrected chi connectivity index (χ0v) is 22.4. The summed E-state index contributed by atoms with van der Waals surface area (Å²) < 4.78 is 23.5. The summed E-state index contributed by atoms with van der Waals surface area (Å²) in [5.41, 5.74) is 2.42. The van der Waals surface area contributed by atoms with Crippen LogP contribution in [0.15, 0.2) is 77.8 Å². The highest BCUT2D eigenvalue weighted by molar-refractivity contribution is 8.15. The Kier molecular flexibility index (Phi) is 9.32. The predicted molar refractivity (Wildman–Crippen MR) is 149 cm³/mol. The molecular weight excluding hydrogens is 521 g/mol. The van der Waals surface area contributed by atoms with E-state index in [9.17, 15) is 18.8 Å². The number of benzene rings is 3. The summed E-state index contributed by atoms with van der Waals surface area (Å²) in [7, 11) is 1.56. The lowest BCUT2D eigenvalue weighted by Gasteiger charge is -2.16. The van der Waals surface area contributed by atoms with Crippen molar-refractivity contribution in [2.45, 2.75) is 25.0 Å². The number of esters is 1. The van der Waals surface area contributed by atoms with Gasteiger partial charge in [0.15, 0.2) is 5.17 Å². The highest BCUT2D eigenvalue weighted by Crippen LogP contribution is 2.32. The second-order valence-corrected chi connectivity index (χ2v) is 9.79. The standard InChI is InChI=1S/C29H28FN3O5S/c1-3-38-28(36)20-6-10-23(11-7-20)32-29-33(17-16-19-4-8-21(30)9-5-19)27(35)25(39-29)18-26(34)31-22-12-14-24(37-2)15-13-22/h4-15,25H,3,16-18H2,1-2H3,(H,31,34)/t25-/m0/s1. The van der Waals surface area contributed by atoms with E-state index in [-0.39, 0.29) is 30.7 Å². The van der Waals surface area contributed by atoms with Crippen LogP contribution in [0.4, 0.5) is 15.8 Å². The molecule has 1 saturated heterocycles. The molecule has 4 rings (SSSR count). The Labute approximate surface area is 230 Å². The first-order valence-electron chi connectivity index (χ1n) is 12.4. The Hall–Kier alpha value is -4.18. The van der Waals surface area contributed by atoms with E-state index in [1.165, 1.54) is 23.9 Å². The molecule has 10 heteroatoms. The Morgan fingerprint density at radius 1 is 1.03 bits per heavy atom. The molecule has 0 spiro atoms. The molecule has 1 heterocycles. The number of methoxy groups -OCH3 is 1. The van der Waals surface area contributed by atoms with Crippen molar-refractivity contribution in [2.75, 3.05) is 25.6 Å². The molecule has 1 aliphatic heterocycles. The average molecular weight is 550 g/mol. The van der Waals surface area contributed by atoms with Crippen LogP contribution in [-0.4, -0.2) is 53.4 Å². The average Bonchev–Trinajstić information content (AvgIpc) is 3.22. The molecule has 0 aromatic heterocycles. The molecule has 0 bridgehead atoms. The van der Waals surface area contributed by atoms with Crippen LogP contribution in [0.5, 0.6) is 5.75 Å². The van der Waals surface area contributed by atoms with Gasteiger partial charge in [0.2, 0.25) is 11.8 Å². The lowest BCUT2D eigenvalue weighted by molar-refractivity contribution is -0.128. The van der Waals surface area contributed by atoms with Gasteiger partial charge in [-0.15, -0.1) is 0 Å². The quantitative estimate of drug-likeness (QED) is 0.349. The molecule has 1 N–H and O–H groups in total. The van der Waals surface area contributed by atoms with Gasteiger partial charge in [-0.2, -0.15) is 0 Å². The number of thioether (sulfide) groups is 1. The zero-order valence-electron chi connectivity index (χ0n) is 21.6. The first kappa shape index (κ1) is 27.8. The van der Waals surface area contributed by atoms with Gasteiger partial charge in [-0.1, -0.05) is 23.9 Å². The summed E-state index contributed by atoms with van der Waals surface area (Å²) in [5.74, 6) is -0.616. The van der Waals surface area contributed by atoms with Crippen LogP contribution in [-0.2, 0) is 20.7 Å². The number of amidine groups is 1. The smallest absolute Gasteiger partial charge is 0.338 e. The maximum absolute atomic E-state index is 13.4. The number of carbonyl (C=O) groups is 3. The van der Waals surface area contributed by atoms with E-state index in [1.807, 2.05) is 0 Å². The third-order valence-corrected chi connectivity index (χ3v) is 7.08. The third kappa shape index (κ3) is 7.44. The maximum atomic E-state index is 13.4. The van der Waals surface area contributed by atoms with Crippen molar-refractivity contribution >= 4 is 46.1 Å². The van der Waals surface area contributed by atoms with E-state index in [4.69, 9.17) is 9.47 Å². The van der Waals surface area contributed by atoms with Gasteiger partial charge in [-0.3, -0.25) is 14.5 Å². The summed E-state index contributed by atoms with van der Waals surface area (Å²) >= 11 is 1.22. The first-order chi connectivity index (χ1) is 18.9. The number of anilines is 1. The monoisotopic (exact) mass is 549 g/mol. The Morgan fingerprint density at radius 2 is 1.72 bits per heavy atom. The normalized spacial score (nSPS) is 15.9. The number of rotatable bonds is 10. The van der Waals surface area contributed by atoms with E-state index in [1.54, 1.807) is 79.6 Å². The van der Waals surface area contributed by atoms with E-state index < -0.39 is 11.2 Å². The molecule has 2 amide bonds. The molecule has 0 radical (unpaired) electrons. The van der Waals surface area contributed by atoms with E-state index >= 15 is 0 Å². The molecule has 0 aliphatic carbocycles. The number of aliphatic imine (C=N–C) groups is 1. The van der Waals surface area contributed by atoms with Crippen molar-refractivity contribution in [2.24, 2.45) is 4.99 Å². The van der Waals surface area contributed by atoms with Crippen molar-refractivity contribution in [1.29, 1.82) is 0 Å². The van der Waals surface area contributed by atoms with Gasteiger partial charge < -0.3 is 14.8 Å². The second-order valence-electron chi connectivity index (χ2n) is 8.62. The third-order valence-electron chi connectivity index (χ3n) is 5.91. The van der Waals surface area contributed by atoms with Gasteiger partial charge in [-0.25, -0.2) is 14.2 Å². The van der Waals surface area contributed by atoms with Crippen molar-refractivity contribution in [3.63, 3.8) is 0 Å². The summed E-state index contributed by atoms with van der Waals surface area (Å²) in [6, 6.07) is 19.6. The van der Waals surface area contributed by atoms with Crippen molar-refractivity contribution in [3.05, 3.63) is 89.7 Å². The summed E-state index contributed by atoms with van der Waals surface area (Å²) in [6.45, 7) is 2.33. The molecular formula is C29H28FN3O5S. The van der Waals surface area contributed by atoms with E-state index in [2.05, 4.69) is 10.3 Å². The predicted octanol–water partition coefficient (Wildman–Crippen LogP) is 5.21. The molecule has 3 aromatic carbocycles. The molecule has 202 valence electrons. The van der Waals surface area contributed by atoms with Crippen LogP contribution in [0.1, 0.15) is 29.3 Å². The Bertz CT molecular complexity index is 1340. The van der Waals surface area contributed by atoms with Gasteiger partial charge in [0.1, 0.15) is 16.8 Å². The van der Waals surface area contributed by atoms with E-state index in [0.717, 1.165) is 5.56 Å². The zero-order chi connectivity index (χ0) is 27.8. The topological polar surface area (TPSA) is 97.3 Å². The highest BCUT2D eigenvalue weighted by Gasteiger charge is 2.39. The second kappa shape index (κ2) is 13.1. The van der Waals surface area contributed by atoms with Crippen LogP contribution in [0.25, 0.3) is 0 Å². The van der Waals surface area contributed by atoms with Gasteiger partial charge in [0, 0.05) is 18.7 Å². The number of amides is 2. The fourth-order valence-corrected chi connectivity index (χ4v) is 5.06. The minimum absolute atomic E-state index is 0.0383. The molecule has 1 fully saturated rings. The number of halogens is 1. The molecule has 39 heavy (non-hydrogen) atoms. The van der Waals surface area contributed by atoms with Gasteiger partial charge in [0.05, 0.1) is 25.0 Å². The summed E-state index contributed by atoms with van der Waals surface area (Å²) in [5, 5.41) is 2.61. The molecule has 8 nitrogen and oxygen atoms in total. The molecule has 0 saturated carbocycles. The number of ether oxygens (including phenoxy) is 2. The Balaban J connectivity index is 1.50. The largest absolute Gasteiger partial charge is 0.497 e. The number of carbonyl (C=O) groups excluding carboxylic acids is 3. The minimum Gasteiger partial charge on any atom is -0.497 e. The van der Waals surface area contributed by atoms with Crippen LogP contribution in [0, 0.1) is 5.82 Å². The van der Waals surface area contributed by atoms with Gasteiger partial charge >= 0.3 is 5.97 Å². The molecule has 1 atom stereocenters. The minimum atomic E-state index is -0.658. The fraction of sp³-hybridized carbons (Fsp3) is 0.241. The fourth-order valence-electron chi connectivity index (χ4n) is 3.87. The van der Waals surface area contributed by atoms with E-state index in [0.29, 0.717) is 40.8 Å². The number of hydrogen-bond donors (Lipinski definition) is 1. The number of nitrogens with one attached hydrogen (secondary N) is 1. The van der Waals surface area contributed by atoms with Crippen molar-refractivity contribution in [1.82, 2.24) is 4.90 Å². The highest BCUT2D eigenvalue weighted by atomic mass is 32.2. The maximum Gasteiger partial charge on any atom is 0.338 e. The first-order valence-corrected chi connectivity index (χ1v) is 13.3. The van der Waals surface area contributed by atoms with Crippen LogP contribution in [0.2, 0.25) is 0 Å². The van der Waals surface area contributed by atoms with Gasteiger partial charge in [-0.05, 0) is 79.6 Å². The Morgan fingerprint density at radius 3 is 2.36 bits per heavy atom. The summed E-state index contributed by atoms with van der Waals surface area (Å²) in [4.78, 5) is 44.3. The number of hydrogen-bond acceptors (Lipinski definition) is 7. The lowest BCUT2D eigenvalue weighted by Crippen LogP contribution is -2.35. The lowest BCUT2D eigenvalue weighted by atomic mass is 10.1. The SMILES string of the molecule is CCOC(=O)c1ccc(N=C2S[C@@H](CC(=O)Nc3ccc(OC)cc3)C(=O)N2CCc2ccc(F)cc2)cc1. The summed E-state index contributed by atoms with van der Waals surface area (Å²) in [6.07, 6.45) is 0.446. The number of nitrogens with zero attached hydrogens (tertiary/aromatic N) is 2. The molecule has 0 unspecified atom stereocenters. The molecule has 1 aliphatic rings. The van der Waals surface area contributed by atoms with Crippen molar-refractivity contribution < 1.29 is 28.2 Å².